The Hall–Kier alpha value is -2.24. The maximum absolute atomic E-state index is 12.0. The van der Waals surface area contributed by atoms with Crippen LogP contribution in [0.5, 0.6) is 0 Å². The summed E-state index contributed by atoms with van der Waals surface area (Å²) in [5, 5.41) is 27.8. The van der Waals surface area contributed by atoms with E-state index in [-0.39, 0.29) is 17.5 Å². The number of carbonyl (C=O) groups excluding carboxylic acids is 1. The third-order valence-corrected chi connectivity index (χ3v) is 3.62. The van der Waals surface area contributed by atoms with E-state index in [1.54, 1.807) is 25.2 Å². The summed E-state index contributed by atoms with van der Waals surface area (Å²) in [6, 6.07) is 0. The van der Waals surface area contributed by atoms with Crippen molar-refractivity contribution < 1.29 is 9.70 Å². The topological polar surface area (TPSA) is 90.3 Å². The van der Waals surface area contributed by atoms with Crippen LogP contribution in [-0.2, 0) is 4.79 Å². The van der Waals surface area contributed by atoms with Gasteiger partial charge in [0.05, 0.1) is 5.57 Å². The first-order valence-electron chi connectivity index (χ1n) is 6.06. The number of hydrogen-bond acceptors (Lipinski definition) is 4. The number of amides is 1. The molecule has 0 aromatic heterocycles. The number of nitrogens with one attached hydrogen (secondary N) is 2. The van der Waals surface area contributed by atoms with E-state index in [2.05, 4.69) is 10.6 Å². The minimum absolute atomic E-state index is 0.0293. The highest BCUT2D eigenvalue weighted by Crippen LogP contribution is 2.25. The summed E-state index contributed by atoms with van der Waals surface area (Å²) in [6.07, 6.45) is 6.34. The van der Waals surface area contributed by atoms with Gasteiger partial charge in [0.2, 0.25) is 5.71 Å². The van der Waals surface area contributed by atoms with Gasteiger partial charge >= 0.3 is 0 Å². The number of nitrogens with zero attached hydrogens (tertiary/aromatic N) is 1. The Morgan fingerprint density at radius 3 is 2.42 bits per heavy atom. The first-order valence-corrected chi connectivity index (χ1v) is 6.06. The molecule has 1 saturated heterocycles. The van der Waals surface area contributed by atoms with E-state index >= 15 is 0 Å². The summed E-state index contributed by atoms with van der Waals surface area (Å²) in [6.45, 7) is 5.64. The zero-order valence-electron chi connectivity index (χ0n) is 11.1. The first kappa shape index (κ1) is 13.2. The van der Waals surface area contributed by atoms with Gasteiger partial charge in [-0.3, -0.25) is 4.79 Å². The molecule has 0 bridgehead atoms. The maximum atomic E-state index is 12.0. The van der Waals surface area contributed by atoms with Crippen molar-refractivity contribution in [2.45, 2.75) is 26.3 Å². The Bertz CT molecular complexity index is 539. The molecule has 6 heteroatoms. The van der Waals surface area contributed by atoms with Crippen molar-refractivity contribution in [3.63, 3.8) is 0 Å². The first-order chi connectivity index (χ1) is 8.86. The monoisotopic (exact) mass is 262 g/mol. The van der Waals surface area contributed by atoms with E-state index < -0.39 is 10.4 Å². The van der Waals surface area contributed by atoms with Crippen molar-refractivity contribution >= 4 is 11.6 Å². The zero-order valence-corrected chi connectivity index (χ0v) is 11.1. The van der Waals surface area contributed by atoms with Crippen molar-refractivity contribution in [1.29, 1.82) is 0 Å². The van der Waals surface area contributed by atoms with Crippen LogP contribution in [0.3, 0.4) is 0 Å². The van der Waals surface area contributed by atoms with E-state index in [1.807, 2.05) is 13.8 Å². The van der Waals surface area contributed by atoms with Crippen molar-refractivity contribution in [1.82, 2.24) is 10.6 Å². The van der Waals surface area contributed by atoms with Crippen LogP contribution in [0.25, 0.3) is 0 Å². The molecule has 0 radical (unpaired) electrons. The molecule has 2 N–H and O–H groups in total. The number of carbonyl (C=O) groups is 1. The van der Waals surface area contributed by atoms with Gasteiger partial charge in [-0.25, -0.2) is 0 Å². The second-order valence-corrected chi connectivity index (χ2v) is 5.09. The quantitative estimate of drug-likeness (QED) is 0.543. The largest absolute Gasteiger partial charge is 0.612 e. The predicted octanol–water partition coefficient (Wildman–Crippen LogP) is 0.907. The lowest BCUT2D eigenvalue weighted by molar-refractivity contribution is -0.377. The lowest BCUT2D eigenvalue weighted by Gasteiger charge is -2.26. The van der Waals surface area contributed by atoms with Crippen LogP contribution >= 0.6 is 0 Å². The fourth-order valence-electron chi connectivity index (χ4n) is 1.98. The van der Waals surface area contributed by atoms with E-state index in [9.17, 15) is 15.2 Å². The minimum atomic E-state index is -0.751. The molecule has 1 fully saturated rings. The van der Waals surface area contributed by atoms with Crippen LogP contribution in [-0.4, -0.2) is 22.1 Å². The molecule has 6 nitrogen and oxygen atoms in total. The fraction of sp³-hybridized carbons (Fsp3) is 0.385. The van der Waals surface area contributed by atoms with Crippen molar-refractivity contribution in [3.8, 4) is 0 Å². The van der Waals surface area contributed by atoms with Gasteiger partial charge in [-0.05, 0) is 18.9 Å². The molecule has 1 atom stereocenters. The number of allylic oxidation sites excluding steroid dienone is 5. The molecule has 0 spiro atoms. The lowest BCUT2D eigenvalue weighted by atomic mass is 9.89. The van der Waals surface area contributed by atoms with Gasteiger partial charge in [-0.2, -0.15) is 4.90 Å². The van der Waals surface area contributed by atoms with Crippen molar-refractivity contribution in [3.05, 3.63) is 46.1 Å². The van der Waals surface area contributed by atoms with Gasteiger partial charge in [-0.15, -0.1) is 0 Å². The van der Waals surface area contributed by atoms with Crippen LogP contribution < -0.4 is 10.6 Å². The van der Waals surface area contributed by atoms with Crippen LogP contribution in [0.1, 0.15) is 20.8 Å². The summed E-state index contributed by atoms with van der Waals surface area (Å²) in [5.74, 6) is 0.289. The number of rotatable bonds is 1. The summed E-state index contributed by atoms with van der Waals surface area (Å²) < 4.78 is 0. The molecule has 1 aliphatic carbocycles. The van der Waals surface area contributed by atoms with Gasteiger partial charge in [0.15, 0.2) is 0 Å². The highest BCUT2D eigenvalue weighted by Gasteiger charge is 2.43. The van der Waals surface area contributed by atoms with E-state index in [0.29, 0.717) is 11.4 Å². The van der Waals surface area contributed by atoms with Gasteiger partial charge in [0.1, 0.15) is 11.4 Å². The van der Waals surface area contributed by atoms with Crippen LogP contribution in [0.2, 0.25) is 0 Å². The molecule has 1 amide bonds. The van der Waals surface area contributed by atoms with Crippen LogP contribution in [0.15, 0.2) is 35.7 Å². The highest BCUT2D eigenvalue weighted by molar-refractivity contribution is 6.09. The summed E-state index contributed by atoms with van der Waals surface area (Å²) in [5.41, 5.74) is -0.387. The standard InChI is InChI=1S/C13H16N3O3/c1-8(2)13(3)12(17)14-11(15-13)9-6-4-5-7-10(9)16(18)19/h4-8,15H,1-3H3,(H-,14,17,18,19)/q-1/t13-/m1/s1. The molecular weight excluding hydrogens is 246 g/mol. The second-order valence-electron chi connectivity index (χ2n) is 5.09. The Balaban J connectivity index is 2.46. The average Bonchev–Trinajstić information content (AvgIpc) is 2.67. The normalized spacial score (nSPS) is 29.7. The molecule has 1 aliphatic heterocycles. The second kappa shape index (κ2) is 4.46. The molecule has 102 valence electrons. The Morgan fingerprint density at radius 2 is 1.89 bits per heavy atom. The summed E-state index contributed by atoms with van der Waals surface area (Å²) >= 11 is 0. The molecular formula is C13H16N3O3-. The SMILES string of the molecule is CC(C)[C@@]1(C)NC(=C2C=CC=CC2=[N+]([O-])[O-])NC1=O. The molecule has 19 heavy (non-hydrogen) atoms. The minimum Gasteiger partial charge on any atom is -0.612 e. The molecule has 2 rings (SSSR count). The fourth-order valence-corrected chi connectivity index (χ4v) is 1.98. The molecule has 1 heterocycles. The highest BCUT2D eigenvalue weighted by atomic mass is 16.8. The maximum Gasteiger partial charge on any atom is 0.251 e. The third-order valence-electron chi connectivity index (χ3n) is 3.62. The summed E-state index contributed by atoms with van der Waals surface area (Å²) in [4.78, 5) is 11.6. The molecule has 2 aliphatic rings. The van der Waals surface area contributed by atoms with E-state index in [1.165, 1.54) is 6.08 Å². The lowest BCUT2D eigenvalue weighted by Crippen LogP contribution is -2.47. The molecule has 0 unspecified atom stereocenters. The van der Waals surface area contributed by atoms with E-state index in [0.717, 1.165) is 0 Å². The van der Waals surface area contributed by atoms with Gasteiger partial charge < -0.3 is 21.0 Å². The van der Waals surface area contributed by atoms with Crippen molar-refractivity contribution in [2.24, 2.45) is 5.92 Å². The smallest absolute Gasteiger partial charge is 0.251 e. The summed E-state index contributed by atoms with van der Waals surface area (Å²) in [7, 11) is 0. The van der Waals surface area contributed by atoms with Crippen LogP contribution in [0, 0.1) is 16.3 Å². The van der Waals surface area contributed by atoms with E-state index in [4.69, 9.17) is 0 Å². The third kappa shape index (κ3) is 2.09. The van der Waals surface area contributed by atoms with Gasteiger partial charge in [-0.1, -0.05) is 26.0 Å². The average molecular weight is 262 g/mol. The Labute approximate surface area is 111 Å². The van der Waals surface area contributed by atoms with Gasteiger partial charge in [0, 0.05) is 6.08 Å². The number of hydrogen-bond donors (Lipinski definition) is 2. The molecule has 0 aromatic carbocycles. The Kier molecular flexibility index (Phi) is 3.09. The van der Waals surface area contributed by atoms with Crippen molar-refractivity contribution in [2.75, 3.05) is 0 Å². The Morgan fingerprint density at radius 1 is 1.26 bits per heavy atom. The molecule has 0 saturated carbocycles. The zero-order chi connectivity index (χ0) is 14.2. The van der Waals surface area contributed by atoms with Crippen LogP contribution in [0.4, 0.5) is 0 Å². The molecule has 0 aromatic rings. The van der Waals surface area contributed by atoms with Gasteiger partial charge in [0.25, 0.3) is 5.91 Å². The predicted molar refractivity (Wildman–Crippen MR) is 71.8 cm³/mol.